The Morgan fingerprint density at radius 1 is 1.56 bits per heavy atom. The highest BCUT2D eigenvalue weighted by Gasteiger charge is 2.23. The van der Waals surface area contributed by atoms with Crippen LogP contribution in [-0.2, 0) is 4.79 Å². The standard InChI is InChI=1S/C12H16N2OS/c1-8-2-5-10(13)11(6-8)16-7-12(15)14-9-3-4-9/h2,5-6,9H,3-4,7,13H2,1H3,(H,14,15). The summed E-state index contributed by atoms with van der Waals surface area (Å²) in [6, 6.07) is 6.31. The van der Waals surface area contributed by atoms with Crippen molar-refractivity contribution in [1.29, 1.82) is 0 Å². The fourth-order valence-electron chi connectivity index (χ4n) is 1.41. The van der Waals surface area contributed by atoms with Gasteiger partial charge in [0, 0.05) is 16.6 Å². The van der Waals surface area contributed by atoms with Crippen molar-refractivity contribution in [2.45, 2.75) is 30.7 Å². The van der Waals surface area contributed by atoms with Crippen LogP contribution < -0.4 is 11.1 Å². The Morgan fingerprint density at radius 2 is 2.31 bits per heavy atom. The average Bonchev–Trinajstić information content (AvgIpc) is 3.03. The van der Waals surface area contributed by atoms with E-state index >= 15 is 0 Å². The van der Waals surface area contributed by atoms with Crippen LogP contribution in [0.25, 0.3) is 0 Å². The highest BCUT2D eigenvalue weighted by Crippen LogP contribution is 2.26. The van der Waals surface area contributed by atoms with Crippen molar-refractivity contribution in [3.63, 3.8) is 0 Å². The fourth-order valence-corrected chi connectivity index (χ4v) is 2.28. The van der Waals surface area contributed by atoms with Crippen LogP contribution in [0.4, 0.5) is 5.69 Å². The Balaban J connectivity index is 1.87. The van der Waals surface area contributed by atoms with Gasteiger partial charge in [0.25, 0.3) is 0 Å². The number of nitrogens with one attached hydrogen (secondary N) is 1. The highest BCUT2D eigenvalue weighted by atomic mass is 32.2. The van der Waals surface area contributed by atoms with Crippen LogP contribution in [0, 0.1) is 6.92 Å². The Kier molecular flexibility index (Phi) is 3.39. The number of hydrogen-bond donors (Lipinski definition) is 2. The Labute approximate surface area is 99.8 Å². The van der Waals surface area contributed by atoms with Crippen molar-refractivity contribution in [3.05, 3.63) is 23.8 Å². The van der Waals surface area contributed by atoms with Gasteiger partial charge in [-0.25, -0.2) is 0 Å². The minimum Gasteiger partial charge on any atom is -0.398 e. The van der Waals surface area contributed by atoms with Crippen molar-refractivity contribution >= 4 is 23.4 Å². The molecule has 0 spiro atoms. The summed E-state index contributed by atoms with van der Waals surface area (Å²) in [6.45, 7) is 2.02. The highest BCUT2D eigenvalue weighted by molar-refractivity contribution is 8.00. The number of nitrogens with two attached hydrogens (primary N) is 1. The van der Waals surface area contributed by atoms with Crippen molar-refractivity contribution in [2.24, 2.45) is 0 Å². The molecule has 3 nitrogen and oxygen atoms in total. The lowest BCUT2D eigenvalue weighted by atomic mass is 10.2. The van der Waals surface area contributed by atoms with E-state index in [1.807, 2.05) is 25.1 Å². The molecule has 0 unspecified atom stereocenters. The van der Waals surface area contributed by atoms with Crippen molar-refractivity contribution in [1.82, 2.24) is 5.32 Å². The summed E-state index contributed by atoms with van der Waals surface area (Å²) in [4.78, 5) is 12.5. The van der Waals surface area contributed by atoms with Gasteiger partial charge < -0.3 is 11.1 Å². The molecule has 1 aromatic carbocycles. The zero-order valence-electron chi connectivity index (χ0n) is 9.32. The van der Waals surface area contributed by atoms with Gasteiger partial charge in [0.15, 0.2) is 0 Å². The summed E-state index contributed by atoms with van der Waals surface area (Å²) in [6.07, 6.45) is 2.26. The molecule has 86 valence electrons. The topological polar surface area (TPSA) is 55.1 Å². The predicted molar refractivity (Wildman–Crippen MR) is 67.5 cm³/mol. The lowest BCUT2D eigenvalue weighted by molar-refractivity contribution is -0.118. The molecular formula is C12H16N2OS. The van der Waals surface area contributed by atoms with Crippen LogP contribution in [0.2, 0.25) is 0 Å². The summed E-state index contributed by atoms with van der Waals surface area (Å²) in [5.74, 6) is 0.554. The lowest BCUT2D eigenvalue weighted by Gasteiger charge is -2.06. The fraction of sp³-hybridized carbons (Fsp3) is 0.417. The minimum atomic E-state index is 0.105. The van der Waals surface area contributed by atoms with Gasteiger partial charge in [-0.2, -0.15) is 0 Å². The molecule has 0 aromatic heterocycles. The van der Waals surface area contributed by atoms with Crippen LogP contribution in [-0.4, -0.2) is 17.7 Å². The van der Waals surface area contributed by atoms with Gasteiger partial charge in [0.05, 0.1) is 5.75 Å². The monoisotopic (exact) mass is 236 g/mol. The number of nitrogen functional groups attached to an aromatic ring is 1. The summed E-state index contributed by atoms with van der Waals surface area (Å²) in [5, 5.41) is 2.96. The van der Waals surface area contributed by atoms with Crippen LogP contribution in [0.3, 0.4) is 0 Å². The minimum absolute atomic E-state index is 0.105. The van der Waals surface area contributed by atoms with Crippen molar-refractivity contribution in [2.75, 3.05) is 11.5 Å². The third-order valence-corrected chi connectivity index (χ3v) is 3.54. The van der Waals surface area contributed by atoms with Gasteiger partial charge in [-0.1, -0.05) is 6.07 Å². The van der Waals surface area contributed by atoms with Crippen LogP contribution in [0.5, 0.6) is 0 Å². The third-order valence-electron chi connectivity index (χ3n) is 2.47. The number of hydrogen-bond acceptors (Lipinski definition) is 3. The molecule has 1 fully saturated rings. The number of carbonyl (C=O) groups excluding carboxylic acids is 1. The smallest absolute Gasteiger partial charge is 0.230 e. The molecule has 0 radical (unpaired) electrons. The zero-order valence-corrected chi connectivity index (χ0v) is 10.1. The number of rotatable bonds is 4. The van der Waals surface area contributed by atoms with Gasteiger partial charge in [0.1, 0.15) is 0 Å². The molecule has 3 N–H and O–H groups in total. The Morgan fingerprint density at radius 3 is 3.00 bits per heavy atom. The van der Waals surface area contributed by atoms with E-state index in [1.54, 1.807) is 0 Å². The largest absolute Gasteiger partial charge is 0.398 e. The van der Waals surface area contributed by atoms with E-state index < -0.39 is 0 Å². The molecule has 1 saturated carbocycles. The van der Waals surface area contributed by atoms with Crippen molar-refractivity contribution < 1.29 is 4.79 Å². The quantitative estimate of drug-likeness (QED) is 0.620. The summed E-state index contributed by atoms with van der Waals surface area (Å²) < 4.78 is 0. The first-order chi connectivity index (χ1) is 7.65. The van der Waals surface area contributed by atoms with Gasteiger partial charge in [-0.15, -0.1) is 11.8 Å². The van der Waals surface area contributed by atoms with Crippen LogP contribution >= 0.6 is 11.8 Å². The third kappa shape index (κ3) is 3.17. The molecule has 1 aromatic rings. The molecule has 0 bridgehead atoms. The lowest BCUT2D eigenvalue weighted by Crippen LogP contribution is -2.27. The van der Waals surface area contributed by atoms with Crippen molar-refractivity contribution in [3.8, 4) is 0 Å². The number of anilines is 1. The SMILES string of the molecule is Cc1ccc(N)c(SCC(=O)NC2CC2)c1. The Hall–Kier alpha value is -1.16. The molecule has 1 amide bonds. The first-order valence-corrected chi connectivity index (χ1v) is 6.42. The maximum absolute atomic E-state index is 11.5. The molecule has 16 heavy (non-hydrogen) atoms. The van der Waals surface area contributed by atoms with E-state index in [-0.39, 0.29) is 5.91 Å². The van der Waals surface area contributed by atoms with E-state index in [0.717, 1.165) is 23.4 Å². The molecule has 0 saturated heterocycles. The number of thioether (sulfide) groups is 1. The predicted octanol–water partition coefficient (Wildman–Crippen LogP) is 1.95. The number of carbonyl (C=O) groups is 1. The number of benzene rings is 1. The van der Waals surface area contributed by atoms with E-state index in [9.17, 15) is 4.79 Å². The maximum Gasteiger partial charge on any atom is 0.230 e. The van der Waals surface area contributed by atoms with Gasteiger partial charge in [0.2, 0.25) is 5.91 Å². The van der Waals surface area contributed by atoms with Gasteiger partial charge >= 0.3 is 0 Å². The van der Waals surface area contributed by atoms with E-state index in [1.165, 1.54) is 17.3 Å². The van der Waals surface area contributed by atoms with E-state index in [0.29, 0.717) is 11.8 Å². The normalized spacial score (nSPS) is 14.8. The molecule has 1 aliphatic carbocycles. The summed E-state index contributed by atoms with van der Waals surface area (Å²) >= 11 is 1.50. The number of amides is 1. The first-order valence-electron chi connectivity index (χ1n) is 5.43. The molecule has 2 rings (SSSR count). The van der Waals surface area contributed by atoms with Crippen LogP contribution in [0.1, 0.15) is 18.4 Å². The second-order valence-electron chi connectivity index (χ2n) is 4.17. The molecule has 1 aliphatic rings. The van der Waals surface area contributed by atoms with E-state index in [2.05, 4.69) is 5.32 Å². The first kappa shape index (κ1) is 11.3. The molecule has 0 heterocycles. The van der Waals surface area contributed by atoms with Gasteiger partial charge in [-0.05, 0) is 37.5 Å². The molecule has 0 atom stereocenters. The average molecular weight is 236 g/mol. The Bertz CT molecular complexity index is 402. The zero-order chi connectivity index (χ0) is 11.5. The van der Waals surface area contributed by atoms with Crippen LogP contribution in [0.15, 0.2) is 23.1 Å². The number of aryl methyl sites for hydroxylation is 1. The summed E-state index contributed by atoms with van der Waals surface area (Å²) in [5.41, 5.74) is 7.75. The van der Waals surface area contributed by atoms with Gasteiger partial charge in [-0.3, -0.25) is 4.79 Å². The molecule has 0 aliphatic heterocycles. The second-order valence-corrected chi connectivity index (χ2v) is 5.19. The molecule has 4 heteroatoms. The maximum atomic E-state index is 11.5. The molecular weight excluding hydrogens is 220 g/mol. The summed E-state index contributed by atoms with van der Waals surface area (Å²) in [7, 11) is 0. The van der Waals surface area contributed by atoms with E-state index in [4.69, 9.17) is 5.73 Å². The second kappa shape index (κ2) is 4.78.